The Labute approximate surface area is 145 Å². The van der Waals surface area contributed by atoms with Crippen LogP contribution in [-0.2, 0) is 21.9 Å². The topological polar surface area (TPSA) is 123 Å². The zero-order valence-corrected chi connectivity index (χ0v) is 15.1. The van der Waals surface area contributed by atoms with E-state index < -0.39 is 15.9 Å². The fourth-order valence-electron chi connectivity index (χ4n) is 2.85. The maximum absolute atomic E-state index is 12.4. The van der Waals surface area contributed by atoms with Crippen molar-refractivity contribution in [2.75, 3.05) is 24.7 Å². The molecule has 1 aliphatic rings. The monoisotopic (exact) mass is 368 g/mol. The summed E-state index contributed by atoms with van der Waals surface area (Å²) in [6.45, 7) is 2.44. The zero-order chi connectivity index (χ0) is 18.2. The van der Waals surface area contributed by atoms with Gasteiger partial charge in [-0.15, -0.1) is 5.10 Å². The molecule has 1 aliphatic heterocycles. The van der Waals surface area contributed by atoms with Crippen molar-refractivity contribution in [3.8, 4) is 11.6 Å². The molecule has 2 aromatic rings. The van der Waals surface area contributed by atoms with E-state index in [9.17, 15) is 13.2 Å². The zero-order valence-electron chi connectivity index (χ0n) is 14.3. The molecule has 0 aliphatic carbocycles. The number of aryl methyl sites for hydroxylation is 2. The van der Waals surface area contributed by atoms with E-state index in [1.165, 1.54) is 4.31 Å². The van der Waals surface area contributed by atoms with Crippen LogP contribution in [0.3, 0.4) is 0 Å². The summed E-state index contributed by atoms with van der Waals surface area (Å²) >= 11 is 0. The number of nitrogens with one attached hydrogen (secondary N) is 1. The number of aromatic nitrogens is 4. The highest BCUT2D eigenvalue weighted by Crippen LogP contribution is 2.23. The largest absolute Gasteiger partial charge is 0.401 e. The summed E-state index contributed by atoms with van der Waals surface area (Å²) in [5.41, 5.74) is 1.45. The second-order valence-corrected chi connectivity index (χ2v) is 8.14. The van der Waals surface area contributed by atoms with Crippen LogP contribution in [0.5, 0.6) is 0 Å². The van der Waals surface area contributed by atoms with Crippen LogP contribution in [0.4, 0.5) is 6.01 Å². The number of nitrogens with zero attached hydrogens (tertiary/aromatic N) is 5. The lowest BCUT2D eigenvalue weighted by Crippen LogP contribution is -2.43. The van der Waals surface area contributed by atoms with Gasteiger partial charge in [0, 0.05) is 20.1 Å². The Kier molecular flexibility index (Phi) is 4.60. The van der Waals surface area contributed by atoms with E-state index in [0.29, 0.717) is 25.1 Å². The van der Waals surface area contributed by atoms with E-state index in [1.807, 2.05) is 6.92 Å². The van der Waals surface area contributed by atoms with Crippen molar-refractivity contribution in [3.63, 3.8) is 0 Å². The van der Waals surface area contributed by atoms with E-state index in [-0.39, 0.29) is 24.4 Å². The van der Waals surface area contributed by atoms with Gasteiger partial charge >= 0.3 is 6.01 Å². The average Bonchev–Trinajstić information content (AvgIpc) is 3.12. The molecule has 1 saturated heterocycles. The van der Waals surface area contributed by atoms with Gasteiger partial charge in [0.25, 0.3) is 5.89 Å². The summed E-state index contributed by atoms with van der Waals surface area (Å²) < 4.78 is 31.7. The Bertz CT molecular complexity index is 887. The molecule has 25 heavy (non-hydrogen) atoms. The molecule has 0 spiro atoms. The normalized spacial score (nSPS) is 19.1. The highest BCUT2D eigenvalue weighted by molar-refractivity contribution is 7.88. The number of amides is 1. The van der Waals surface area contributed by atoms with Crippen LogP contribution in [0.1, 0.15) is 18.5 Å². The SMILES string of the molecule is Cc1cc(-c2nnc(NC(=O)C3CCCN(S(C)(=O)=O)C3)o2)n(C)n1. The molecule has 2 aromatic heterocycles. The van der Waals surface area contributed by atoms with Gasteiger partial charge in [0.15, 0.2) is 0 Å². The first-order valence-electron chi connectivity index (χ1n) is 7.84. The summed E-state index contributed by atoms with van der Waals surface area (Å²) in [6, 6.07) is 1.78. The van der Waals surface area contributed by atoms with E-state index in [4.69, 9.17) is 4.42 Å². The average molecular weight is 368 g/mol. The summed E-state index contributed by atoms with van der Waals surface area (Å²) in [5.74, 6) is -0.526. The number of carbonyl (C=O) groups is 1. The summed E-state index contributed by atoms with van der Waals surface area (Å²) in [4.78, 5) is 12.4. The van der Waals surface area contributed by atoms with Crippen LogP contribution in [0, 0.1) is 12.8 Å². The van der Waals surface area contributed by atoms with Crippen LogP contribution in [-0.4, -0.2) is 58.0 Å². The van der Waals surface area contributed by atoms with Crippen molar-refractivity contribution < 1.29 is 17.6 Å². The highest BCUT2D eigenvalue weighted by atomic mass is 32.2. The molecule has 11 heteroatoms. The van der Waals surface area contributed by atoms with Crippen LogP contribution in [0.25, 0.3) is 11.6 Å². The minimum Gasteiger partial charge on any atom is -0.401 e. The molecule has 1 amide bonds. The summed E-state index contributed by atoms with van der Waals surface area (Å²) in [6.07, 6.45) is 2.39. The first-order chi connectivity index (χ1) is 11.7. The fraction of sp³-hybridized carbons (Fsp3) is 0.571. The second-order valence-electron chi connectivity index (χ2n) is 6.16. The van der Waals surface area contributed by atoms with Crippen molar-refractivity contribution in [1.82, 2.24) is 24.3 Å². The Hall–Kier alpha value is -2.27. The van der Waals surface area contributed by atoms with Gasteiger partial charge in [-0.1, -0.05) is 5.10 Å². The molecule has 3 heterocycles. The molecule has 0 saturated carbocycles. The number of hydrogen-bond acceptors (Lipinski definition) is 7. The quantitative estimate of drug-likeness (QED) is 0.828. The third-order valence-electron chi connectivity index (χ3n) is 4.10. The molecular formula is C14H20N6O4S. The molecule has 1 unspecified atom stereocenters. The standard InChI is InChI=1S/C14H20N6O4S/c1-9-7-11(19(2)18-9)13-16-17-14(24-13)15-12(21)10-5-4-6-20(8-10)25(3,22)23/h7,10H,4-6,8H2,1-3H3,(H,15,17,21). The second kappa shape index (κ2) is 6.56. The summed E-state index contributed by atoms with van der Waals surface area (Å²) in [7, 11) is -1.55. The molecule has 0 radical (unpaired) electrons. The predicted octanol–water partition coefficient (Wildman–Crippen LogP) is 0.389. The minimum absolute atomic E-state index is 0.0182. The van der Waals surface area contributed by atoms with Gasteiger partial charge in [0.05, 0.1) is 17.9 Å². The van der Waals surface area contributed by atoms with Gasteiger partial charge in [0.2, 0.25) is 15.9 Å². The number of carbonyl (C=O) groups excluding carboxylic acids is 1. The van der Waals surface area contributed by atoms with E-state index in [1.54, 1.807) is 17.8 Å². The van der Waals surface area contributed by atoms with Gasteiger partial charge < -0.3 is 4.42 Å². The number of sulfonamides is 1. The number of anilines is 1. The molecule has 3 rings (SSSR count). The lowest BCUT2D eigenvalue weighted by molar-refractivity contribution is -0.121. The predicted molar refractivity (Wildman–Crippen MR) is 89.0 cm³/mol. The number of piperidine rings is 1. The summed E-state index contributed by atoms with van der Waals surface area (Å²) in [5, 5.41) is 14.5. The maximum Gasteiger partial charge on any atom is 0.322 e. The first kappa shape index (κ1) is 17.5. The van der Waals surface area contributed by atoms with Crippen molar-refractivity contribution in [2.45, 2.75) is 19.8 Å². The van der Waals surface area contributed by atoms with Gasteiger partial charge in [-0.05, 0) is 25.8 Å². The molecule has 1 fully saturated rings. The third kappa shape index (κ3) is 3.87. The third-order valence-corrected chi connectivity index (χ3v) is 5.37. The number of rotatable bonds is 4. The highest BCUT2D eigenvalue weighted by Gasteiger charge is 2.31. The Morgan fingerprint density at radius 3 is 2.80 bits per heavy atom. The first-order valence-corrected chi connectivity index (χ1v) is 9.69. The molecular weight excluding hydrogens is 348 g/mol. The molecule has 1 atom stereocenters. The fourth-order valence-corrected chi connectivity index (χ4v) is 3.76. The van der Waals surface area contributed by atoms with Crippen molar-refractivity contribution in [2.24, 2.45) is 13.0 Å². The van der Waals surface area contributed by atoms with Crippen LogP contribution >= 0.6 is 0 Å². The molecule has 0 aromatic carbocycles. The van der Waals surface area contributed by atoms with Gasteiger partial charge in [-0.2, -0.15) is 5.10 Å². The van der Waals surface area contributed by atoms with Crippen molar-refractivity contribution >= 4 is 21.9 Å². The van der Waals surface area contributed by atoms with E-state index in [2.05, 4.69) is 20.6 Å². The van der Waals surface area contributed by atoms with Crippen molar-refractivity contribution in [3.05, 3.63) is 11.8 Å². The van der Waals surface area contributed by atoms with Crippen LogP contribution in [0.15, 0.2) is 10.5 Å². The molecule has 10 nitrogen and oxygen atoms in total. The lowest BCUT2D eigenvalue weighted by atomic mass is 9.99. The Balaban J connectivity index is 1.68. The van der Waals surface area contributed by atoms with Gasteiger partial charge in [-0.25, -0.2) is 12.7 Å². The Morgan fingerprint density at radius 2 is 2.16 bits per heavy atom. The lowest BCUT2D eigenvalue weighted by Gasteiger charge is -2.29. The van der Waals surface area contributed by atoms with E-state index in [0.717, 1.165) is 11.9 Å². The van der Waals surface area contributed by atoms with Gasteiger partial charge in [-0.3, -0.25) is 14.8 Å². The Morgan fingerprint density at radius 1 is 1.40 bits per heavy atom. The van der Waals surface area contributed by atoms with Gasteiger partial charge in [0.1, 0.15) is 5.69 Å². The number of hydrogen-bond donors (Lipinski definition) is 1. The minimum atomic E-state index is -3.31. The molecule has 136 valence electrons. The van der Waals surface area contributed by atoms with Crippen molar-refractivity contribution in [1.29, 1.82) is 0 Å². The smallest absolute Gasteiger partial charge is 0.322 e. The maximum atomic E-state index is 12.4. The molecule has 0 bridgehead atoms. The van der Waals surface area contributed by atoms with Crippen LogP contribution < -0.4 is 5.32 Å². The van der Waals surface area contributed by atoms with Crippen LogP contribution in [0.2, 0.25) is 0 Å². The molecule has 1 N–H and O–H groups in total. The van der Waals surface area contributed by atoms with E-state index >= 15 is 0 Å².